The van der Waals surface area contributed by atoms with Crippen LogP contribution in [0.25, 0.3) is 0 Å². The maximum atomic E-state index is 12.7. The Morgan fingerprint density at radius 2 is 1.44 bits per heavy atom. The molecule has 218 valence electrons. The van der Waals surface area contributed by atoms with Gasteiger partial charge < -0.3 is 23.8 Å². The average molecular weight is 580 g/mol. The van der Waals surface area contributed by atoms with Crippen molar-refractivity contribution < 1.29 is 38.1 Å². The summed E-state index contributed by atoms with van der Waals surface area (Å²) in [6.45, 7) is 1.67. The van der Waals surface area contributed by atoms with E-state index in [9.17, 15) is 19.2 Å². The molecule has 0 N–H and O–H groups in total. The number of carbonyl (C=O) groups is 4. The van der Waals surface area contributed by atoms with Gasteiger partial charge in [0.25, 0.3) is 0 Å². The highest BCUT2D eigenvalue weighted by Gasteiger charge is 2.36. The molecule has 0 saturated carbocycles. The summed E-state index contributed by atoms with van der Waals surface area (Å²) in [7, 11) is 1.50. The molecule has 1 heterocycles. The third kappa shape index (κ3) is 7.26. The van der Waals surface area contributed by atoms with Gasteiger partial charge in [-0.05, 0) is 85.8 Å². The second kappa shape index (κ2) is 13.0. The van der Waals surface area contributed by atoms with E-state index in [2.05, 4.69) is 0 Å². The Morgan fingerprint density at radius 1 is 0.791 bits per heavy atom. The summed E-state index contributed by atoms with van der Waals surface area (Å²) >= 11 is 0. The first kappa shape index (κ1) is 29.1. The molecule has 0 unspecified atom stereocenters. The van der Waals surface area contributed by atoms with E-state index in [0.29, 0.717) is 28.5 Å². The number of anilines is 1. The number of hydrogen-bond acceptors (Lipinski definition) is 8. The van der Waals surface area contributed by atoms with Gasteiger partial charge in [0.2, 0.25) is 5.91 Å². The maximum absolute atomic E-state index is 12.7. The second-order valence-electron chi connectivity index (χ2n) is 9.99. The number of benzene rings is 4. The lowest BCUT2D eigenvalue weighted by Crippen LogP contribution is -2.27. The number of esters is 2. The zero-order chi connectivity index (χ0) is 30.3. The molecular weight excluding hydrogens is 550 g/mol. The zero-order valence-corrected chi connectivity index (χ0v) is 23.6. The van der Waals surface area contributed by atoms with Crippen molar-refractivity contribution in [3.63, 3.8) is 0 Å². The average Bonchev–Trinajstić information content (AvgIpc) is 3.43. The quantitative estimate of drug-likeness (QED) is 0.132. The number of methoxy groups -OCH3 is 1. The second-order valence-corrected chi connectivity index (χ2v) is 9.99. The van der Waals surface area contributed by atoms with Gasteiger partial charge in [0.1, 0.15) is 23.0 Å². The van der Waals surface area contributed by atoms with Crippen LogP contribution in [0.1, 0.15) is 32.7 Å². The summed E-state index contributed by atoms with van der Waals surface area (Å²) in [4.78, 5) is 51.9. The van der Waals surface area contributed by atoms with Gasteiger partial charge in [-0.3, -0.25) is 14.4 Å². The van der Waals surface area contributed by atoms with Crippen LogP contribution in [0, 0.1) is 12.8 Å². The van der Waals surface area contributed by atoms with Crippen LogP contribution in [0.2, 0.25) is 0 Å². The van der Waals surface area contributed by atoms with E-state index in [1.165, 1.54) is 36.3 Å². The zero-order valence-electron chi connectivity index (χ0n) is 23.6. The predicted molar refractivity (Wildman–Crippen MR) is 158 cm³/mol. The Balaban J connectivity index is 1.10. The Bertz CT molecular complexity index is 1630. The monoisotopic (exact) mass is 579 g/mol. The van der Waals surface area contributed by atoms with E-state index in [1.807, 2.05) is 31.2 Å². The first-order valence-corrected chi connectivity index (χ1v) is 13.6. The number of ketones is 1. The number of nitrogens with zero attached hydrogens (tertiary/aromatic N) is 1. The summed E-state index contributed by atoms with van der Waals surface area (Å²) in [6, 6.07) is 27.2. The van der Waals surface area contributed by atoms with Crippen LogP contribution in [-0.2, 0) is 14.3 Å². The van der Waals surface area contributed by atoms with Crippen molar-refractivity contribution in [2.75, 3.05) is 25.2 Å². The molecule has 9 nitrogen and oxygen atoms in total. The lowest BCUT2D eigenvalue weighted by molar-refractivity contribution is -0.147. The first-order chi connectivity index (χ1) is 20.8. The lowest BCUT2D eigenvalue weighted by atomic mass is 10.1. The Hall–Kier alpha value is -5.44. The Labute approximate surface area is 248 Å². The lowest BCUT2D eigenvalue weighted by Gasteiger charge is -2.17. The summed E-state index contributed by atoms with van der Waals surface area (Å²) in [5.41, 5.74) is 2.37. The van der Waals surface area contributed by atoms with Gasteiger partial charge in [-0.25, -0.2) is 4.79 Å². The summed E-state index contributed by atoms with van der Waals surface area (Å²) in [6.07, 6.45) is -0.0119. The fourth-order valence-electron chi connectivity index (χ4n) is 4.51. The molecular formula is C34H29NO8. The molecule has 0 bridgehead atoms. The Kier molecular flexibility index (Phi) is 8.81. The minimum Gasteiger partial charge on any atom is -0.497 e. The van der Waals surface area contributed by atoms with Crippen LogP contribution < -0.4 is 19.1 Å². The highest BCUT2D eigenvalue weighted by molar-refractivity contribution is 6.01. The fraction of sp³-hybridized carbons (Fsp3) is 0.176. The molecule has 4 aromatic rings. The van der Waals surface area contributed by atoms with Crippen LogP contribution in [0.5, 0.6) is 23.0 Å². The SMILES string of the molecule is COc1cccc(C(=O)Oc2ccc(C(=O)COC(=O)[C@@H]3CC(=O)N(c4ccc(Oc5ccc(C)cc5)cc4)C3)cc2)c1. The number of ether oxygens (including phenoxy) is 4. The van der Waals surface area contributed by atoms with Crippen molar-refractivity contribution in [3.8, 4) is 23.0 Å². The van der Waals surface area contributed by atoms with Gasteiger partial charge in [-0.15, -0.1) is 0 Å². The van der Waals surface area contributed by atoms with E-state index in [4.69, 9.17) is 18.9 Å². The van der Waals surface area contributed by atoms with Crippen molar-refractivity contribution >= 4 is 29.3 Å². The molecule has 5 rings (SSSR count). The fourth-order valence-corrected chi connectivity index (χ4v) is 4.51. The molecule has 43 heavy (non-hydrogen) atoms. The van der Waals surface area contributed by atoms with Gasteiger partial charge in [0.05, 0.1) is 18.6 Å². The minimum atomic E-state index is -0.692. The van der Waals surface area contributed by atoms with Crippen molar-refractivity contribution in [2.24, 2.45) is 5.92 Å². The number of amides is 1. The van der Waals surface area contributed by atoms with Crippen LogP contribution in [0.3, 0.4) is 0 Å². The molecule has 0 spiro atoms. The third-order valence-corrected chi connectivity index (χ3v) is 6.90. The highest BCUT2D eigenvalue weighted by atomic mass is 16.5. The third-order valence-electron chi connectivity index (χ3n) is 6.90. The number of aryl methyl sites for hydroxylation is 1. The summed E-state index contributed by atoms with van der Waals surface area (Å²) < 4.78 is 21.6. The van der Waals surface area contributed by atoms with Crippen LogP contribution in [-0.4, -0.2) is 43.9 Å². The van der Waals surface area contributed by atoms with Crippen LogP contribution >= 0.6 is 0 Å². The molecule has 0 aromatic heterocycles. The smallest absolute Gasteiger partial charge is 0.343 e. The molecule has 0 aliphatic carbocycles. The van der Waals surface area contributed by atoms with Gasteiger partial charge in [-0.2, -0.15) is 0 Å². The molecule has 1 atom stereocenters. The maximum Gasteiger partial charge on any atom is 0.343 e. The van der Waals surface area contributed by atoms with Crippen LogP contribution in [0.15, 0.2) is 97.1 Å². The van der Waals surface area contributed by atoms with E-state index in [-0.39, 0.29) is 30.2 Å². The Morgan fingerprint density at radius 3 is 2.12 bits per heavy atom. The topological polar surface area (TPSA) is 108 Å². The van der Waals surface area contributed by atoms with Gasteiger partial charge in [-0.1, -0.05) is 23.8 Å². The van der Waals surface area contributed by atoms with E-state index in [0.717, 1.165) is 5.56 Å². The normalized spacial score (nSPS) is 14.2. The standard InChI is InChI=1S/C34H29NO8/c1-22-6-12-27(13-7-22)42-28-16-10-26(11-17-28)35-20-25(19-32(35)37)33(38)41-21-31(36)23-8-14-29(15-9-23)43-34(39)24-4-3-5-30(18-24)40-2/h3-18,25H,19-21H2,1-2H3/t25-/m1/s1. The van der Waals surface area contributed by atoms with Crippen molar-refractivity contribution in [1.82, 2.24) is 0 Å². The van der Waals surface area contributed by atoms with Crippen LogP contribution in [0.4, 0.5) is 5.69 Å². The highest BCUT2D eigenvalue weighted by Crippen LogP contribution is 2.29. The predicted octanol–water partition coefficient (Wildman–Crippen LogP) is 5.79. The molecule has 1 aliphatic heterocycles. The largest absolute Gasteiger partial charge is 0.497 e. The molecule has 1 saturated heterocycles. The minimum absolute atomic E-state index is 0.0119. The molecule has 9 heteroatoms. The molecule has 1 fully saturated rings. The number of rotatable bonds is 10. The molecule has 1 amide bonds. The summed E-state index contributed by atoms with van der Waals surface area (Å²) in [5, 5.41) is 0. The molecule has 0 radical (unpaired) electrons. The van der Waals surface area contributed by atoms with Crippen molar-refractivity contribution in [3.05, 3.63) is 114 Å². The first-order valence-electron chi connectivity index (χ1n) is 13.6. The van der Waals surface area contributed by atoms with Gasteiger partial charge in [0.15, 0.2) is 12.4 Å². The number of Topliss-reactive ketones (excluding diaryl/α,β-unsaturated/α-hetero) is 1. The van der Waals surface area contributed by atoms with Gasteiger partial charge >= 0.3 is 11.9 Å². The number of carbonyl (C=O) groups excluding carboxylic acids is 4. The van der Waals surface area contributed by atoms with Crippen molar-refractivity contribution in [1.29, 1.82) is 0 Å². The van der Waals surface area contributed by atoms with Gasteiger partial charge in [0, 0.05) is 24.2 Å². The number of hydrogen-bond donors (Lipinski definition) is 0. The van der Waals surface area contributed by atoms with E-state index >= 15 is 0 Å². The molecule has 1 aliphatic rings. The van der Waals surface area contributed by atoms with E-state index < -0.39 is 30.2 Å². The van der Waals surface area contributed by atoms with E-state index in [1.54, 1.807) is 48.5 Å². The van der Waals surface area contributed by atoms with Crippen molar-refractivity contribution in [2.45, 2.75) is 13.3 Å². The molecule has 4 aromatic carbocycles. The summed E-state index contributed by atoms with van der Waals surface area (Å²) in [5.74, 6) is -0.413.